The molecule has 0 amide bonds. The minimum Gasteiger partial charge on any atom is -0.511 e. The zero-order chi connectivity index (χ0) is 18.2. The normalized spacial score (nSPS) is 11.5. The lowest BCUT2D eigenvalue weighted by atomic mass is 10.2. The first kappa shape index (κ1) is 18.1. The van der Waals surface area contributed by atoms with Crippen LogP contribution in [-0.2, 0) is 4.43 Å². The molecule has 0 fully saturated rings. The monoisotopic (exact) mass is 360 g/mol. The van der Waals surface area contributed by atoms with Crippen molar-refractivity contribution in [2.75, 3.05) is 0 Å². The molecule has 24 heavy (non-hydrogen) atoms. The Morgan fingerprint density at radius 2 is 1.25 bits per heavy atom. The van der Waals surface area contributed by atoms with Crippen LogP contribution in [0.15, 0.2) is 24.3 Å². The molecule has 8 heteroatoms. The van der Waals surface area contributed by atoms with Crippen LogP contribution in [0, 0.1) is 36.0 Å². The van der Waals surface area contributed by atoms with Gasteiger partial charge in [-0.15, -0.1) is 0 Å². The maximum atomic E-state index is 13.9. The van der Waals surface area contributed by atoms with Crippen LogP contribution in [0.5, 0.6) is 0 Å². The summed E-state index contributed by atoms with van der Waals surface area (Å²) in [5.74, 6) is -11.2. The molecule has 0 unspecified atom stereocenters. The van der Waals surface area contributed by atoms with Crippen molar-refractivity contribution in [1.82, 2.24) is 0 Å². The molecule has 0 saturated heterocycles. The van der Waals surface area contributed by atoms with Crippen LogP contribution in [0.1, 0.15) is 15.9 Å². The fourth-order valence-corrected chi connectivity index (χ4v) is 4.12. The first-order valence-electron chi connectivity index (χ1n) is 6.88. The standard InChI is InChI=1S/C16H13F5O2Si/c1-8-4-6-9(7-5-8)16(22)23-24(2,3)15-13(20)11(18)10(17)12(19)14(15)21/h4-7H,1-3H3. The summed E-state index contributed by atoms with van der Waals surface area (Å²) in [6.07, 6.45) is 0. The van der Waals surface area contributed by atoms with E-state index in [-0.39, 0.29) is 5.56 Å². The lowest BCUT2D eigenvalue weighted by Crippen LogP contribution is -2.51. The van der Waals surface area contributed by atoms with Crippen molar-refractivity contribution in [3.63, 3.8) is 0 Å². The topological polar surface area (TPSA) is 26.3 Å². The summed E-state index contributed by atoms with van der Waals surface area (Å²) in [4.78, 5) is 12.1. The van der Waals surface area contributed by atoms with Gasteiger partial charge in [-0.05, 0) is 32.2 Å². The van der Waals surface area contributed by atoms with Crippen LogP contribution in [0.25, 0.3) is 0 Å². The second-order valence-electron chi connectivity index (χ2n) is 5.71. The van der Waals surface area contributed by atoms with Gasteiger partial charge in [0.05, 0.1) is 10.8 Å². The van der Waals surface area contributed by atoms with Crippen LogP contribution in [0.3, 0.4) is 0 Å². The summed E-state index contributed by atoms with van der Waals surface area (Å²) >= 11 is 0. The van der Waals surface area contributed by atoms with Gasteiger partial charge >= 0.3 is 5.97 Å². The van der Waals surface area contributed by atoms with E-state index in [2.05, 4.69) is 0 Å². The second kappa shape index (κ2) is 6.35. The van der Waals surface area contributed by atoms with Gasteiger partial charge in [0, 0.05) is 0 Å². The highest BCUT2D eigenvalue weighted by atomic mass is 28.4. The van der Waals surface area contributed by atoms with Gasteiger partial charge in [-0.1, -0.05) is 17.7 Å². The molecule has 0 aliphatic heterocycles. The summed E-state index contributed by atoms with van der Waals surface area (Å²) in [6.45, 7) is 4.15. The Balaban J connectivity index is 2.44. The van der Waals surface area contributed by atoms with Crippen molar-refractivity contribution < 1.29 is 31.2 Å². The first-order valence-corrected chi connectivity index (χ1v) is 9.79. The summed E-state index contributed by atoms with van der Waals surface area (Å²) in [5.41, 5.74) is 0.993. The van der Waals surface area contributed by atoms with E-state index in [0.717, 1.165) is 5.56 Å². The Labute approximate surface area is 136 Å². The highest BCUT2D eigenvalue weighted by Crippen LogP contribution is 2.21. The third-order valence-electron chi connectivity index (χ3n) is 3.45. The highest BCUT2D eigenvalue weighted by molar-refractivity contribution is 6.85. The molecule has 0 aliphatic rings. The molecule has 2 aromatic rings. The maximum Gasteiger partial charge on any atom is 0.325 e. The van der Waals surface area contributed by atoms with E-state index in [1.54, 1.807) is 19.1 Å². The second-order valence-corrected chi connectivity index (χ2v) is 9.44. The van der Waals surface area contributed by atoms with Gasteiger partial charge in [0.25, 0.3) is 8.32 Å². The Morgan fingerprint density at radius 3 is 1.71 bits per heavy atom. The van der Waals surface area contributed by atoms with Crippen LogP contribution >= 0.6 is 0 Å². The van der Waals surface area contributed by atoms with Crippen LogP contribution < -0.4 is 5.19 Å². The van der Waals surface area contributed by atoms with E-state index in [1.165, 1.54) is 25.2 Å². The number of carbonyl (C=O) groups is 1. The lowest BCUT2D eigenvalue weighted by Gasteiger charge is -2.24. The molecule has 0 atom stereocenters. The number of rotatable bonds is 3. The van der Waals surface area contributed by atoms with E-state index >= 15 is 0 Å². The first-order chi connectivity index (χ1) is 11.1. The van der Waals surface area contributed by atoms with Crippen LogP contribution in [-0.4, -0.2) is 14.3 Å². The van der Waals surface area contributed by atoms with Gasteiger partial charge in [0.15, 0.2) is 23.3 Å². The van der Waals surface area contributed by atoms with Gasteiger partial charge in [-0.3, -0.25) is 0 Å². The molecule has 0 bridgehead atoms. The summed E-state index contributed by atoms with van der Waals surface area (Å²) in [6, 6.07) is 6.15. The number of hydrogen-bond donors (Lipinski definition) is 0. The largest absolute Gasteiger partial charge is 0.511 e. The number of aryl methyl sites for hydroxylation is 1. The van der Waals surface area contributed by atoms with Crippen molar-refractivity contribution in [3.05, 3.63) is 64.5 Å². The van der Waals surface area contributed by atoms with E-state index < -0.39 is 48.6 Å². The summed E-state index contributed by atoms with van der Waals surface area (Å²) in [7, 11) is -3.76. The zero-order valence-corrected chi connectivity index (χ0v) is 14.0. The van der Waals surface area contributed by atoms with Gasteiger partial charge in [0.2, 0.25) is 5.82 Å². The molecule has 0 radical (unpaired) electrons. The molecular formula is C16H13F5O2Si. The van der Waals surface area contributed by atoms with Crippen LogP contribution in [0.2, 0.25) is 13.1 Å². The van der Waals surface area contributed by atoms with Crippen molar-refractivity contribution in [3.8, 4) is 0 Å². The number of carbonyl (C=O) groups excluding carboxylic acids is 1. The fourth-order valence-electron chi connectivity index (χ4n) is 2.16. The Kier molecular flexibility index (Phi) is 4.79. The van der Waals surface area contributed by atoms with E-state index in [1.807, 2.05) is 0 Å². The average Bonchev–Trinajstić information content (AvgIpc) is 2.51. The van der Waals surface area contributed by atoms with Gasteiger partial charge in [-0.25, -0.2) is 26.7 Å². The molecule has 0 N–H and O–H groups in total. The summed E-state index contributed by atoms with van der Waals surface area (Å²) in [5, 5.41) is -1.07. The molecule has 0 spiro atoms. The molecule has 0 aliphatic carbocycles. The van der Waals surface area contributed by atoms with Gasteiger partial charge < -0.3 is 4.43 Å². The molecule has 0 heterocycles. The number of benzene rings is 2. The molecule has 0 aromatic heterocycles. The van der Waals surface area contributed by atoms with Crippen molar-refractivity contribution >= 4 is 19.5 Å². The van der Waals surface area contributed by atoms with Crippen molar-refractivity contribution in [2.24, 2.45) is 0 Å². The van der Waals surface area contributed by atoms with Crippen molar-refractivity contribution in [1.29, 1.82) is 0 Å². The molecule has 2 aromatic carbocycles. The van der Waals surface area contributed by atoms with Gasteiger partial charge in [-0.2, -0.15) is 0 Å². The average molecular weight is 360 g/mol. The molecular weight excluding hydrogens is 347 g/mol. The Morgan fingerprint density at radius 1 is 0.833 bits per heavy atom. The van der Waals surface area contributed by atoms with Gasteiger partial charge in [0.1, 0.15) is 0 Å². The number of hydrogen-bond acceptors (Lipinski definition) is 2. The van der Waals surface area contributed by atoms with E-state index in [0.29, 0.717) is 0 Å². The minimum atomic E-state index is -3.76. The third-order valence-corrected chi connectivity index (χ3v) is 5.79. The smallest absolute Gasteiger partial charge is 0.325 e. The van der Waals surface area contributed by atoms with E-state index in [4.69, 9.17) is 4.43 Å². The third kappa shape index (κ3) is 3.19. The predicted molar refractivity (Wildman–Crippen MR) is 79.9 cm³/mol. The molecule has 2 rings (SSSR count). The quantitative estimate of drug-likeness (QED) is 0.358. The fraction of sp³-hybridized carbons (Fsp3) is 0.188. The predicted octanol–water partition coefficient (Wildman–Crippen LogP) is 3.96. The van der Waals surface area contributed by atoms with E-state index in [9.17, 15) is 26.7 Å². The molecule has 128 valence electrons. The summed E-state index contributed by atoms with van der Waals surface area (Å²) < 4.78 is 72.8. The minimum absolute atomic E-state index is 0.116. The Bertz CT molecular complexity index is 774. The maximum absolute atomic E-state index is 13.9. The van der Waals surface area contributed by atoms with Crippen molar-refractivity contribution in [2.45, 2.75) is 20.0 Å². The Hall–Kier alpha value is -2.22. The molecule has 0 saturated carbocycles. The molecule has 2 nitrogen and oxygen atoms in total. The lowest BCUT2D eigenvalue weighted by molar-refractivity contribution is 0.0726. The number of halogens is 5. The van der Waals surface area contributed by atoms with Crippen LogP contribution in [0.4, 0.5) is 22.0 Å². The zero-order valence-electron chi connectivity index (χ0n) is 13.0. The SMILES string of the molecule is Cc1ccc(C(=O)O[Si](C)(C)c2c(F)c(F)c(F)c(F)c2F)cc1. The highest BCUT2D eigenvalue weighted by Gasteiger charge is 2.40.